The fourth-order valence-corrected chi connectivity index (χ4v) is 2.03. The van der Waals surface area contributed by atoms with Gasteiger partial charge in [0.1, 0.15) is 0 Å². The Bertz CT molecular complexity index is 205. The Labute approximate surface area is 128 Å². The molecule has 0 radical (unpaired) electrons. The number of nitrogens with two attached hydrogens (primary N) is 4. The number of rotatable bonds is 16. The quantitative estimate of drug-likeness (QED) is 0.0811. The molecule has 0 fully saturated rings. The van der Waals surface area contributed by atoms with E-state index in [1.807, 2.05) is 0 Å². The zero-order valence-corrected chi connectivity index (χ0v) is 13.0. The molecule has 21 heavy (non-hydrogen) atoms. The van der Waals surface area contributed by atoms with Gasteiger partial charge < -0.3 is 16.4 Å². The van der Waals surface area contributed by atoms with Crippen molar-refractivity contribution < 1.29 is 0 Å². The van der Waals surface area contributed by atoms with E-state index in [1.165, 1.54) is 0 Å². The van der Waals surface area contributed by atoms with E-state index < -0.39 is 0 Å². The molecule has 0 saturated heterocycles. The largest absolute Gasteiger partial charge is 0.330 e. The highest BCUT2D eigenvalue weighted by atomic mass is 15.2. The number of hydrazine groups is 3. The van der Waals surface area contributed by atoms with E-state index in [9.17, 15) is 0 Å². The highest BCUT2D eigenvalue weighted by molar-refractivity contribution is 4.69. The van der Waals surface area contributed by atoms with E-state index in [2.05, 4.69) is 26.9 Å². The minimum absolute atomic E-state index is 0.265. The second kappa shape index (κ2) is 16.0. The highest BCUT2D eigenvalue weighted by Gasteiger charge is 2.06. The third-order valence-corrected chi connectivity index (χ3v) is 3.36. The molecule has 0 aromatic heterocycles. The minimum Gasteiger partial charge on any atom is -0.330 e. The van der Waals surface area contributed by atoms with Gasteiger partial charge in [-0.15, -0.1) is 0 Å². The van der Waals surface area contributed by atoms with Crippen LogP contribution >= 0.6 is 0 Å². The Kier molecular flexibility index (Phi) is 15.7. The van der Waals surface area contributed by atoms with Crippen molar-refractivity contribution in [3.8, 4) is 0 Å². The molecular formula is C12H35N9. The summed E-state index contributed by atoms with van der Waals surface area (Å²) in [5, 5.41) is 6.74. The predicted molar refractivity (Wildman–Crippen MR) is 87.7 cm³/mol. The molecule has 2 unspecified atom stereocenters. The minimum atomic E-state index is 0.265. The van der Waals surface area contributed by atoms with Crippen LogP contribution in [0, 0.1) is 0 Å². The maximum absolute atomic E-state index is 5.51. The van der Waals surface area contributed by atoms with Gasteiger partial charge in [-0.3, -0.25) is 33.8 Å². The van der Waals surface area contributed by atoms with Crippen LogP contribution in [0.25, 0.3) is 0 Å². The van der Waals surface area contributed by atoms with Crippen LogP contribution in [-0.2, 0) is 0 Å². The normalized spacial score (nSPS) is 14.3. The van der Waals surface area contributed by atoms with E-state index in [1.54, 1.807) is 0 Å². The van der Waals surface area contributed by atoms with E-state index in [0.29, 0.717) is 6.54 Å². The summed E-state index contributed by atoms with van der Waals surface area (Å²) in [6, 6.07) is 0.539. The average Bonchev–Trinajstić information content (AvgIpc) is 2.51. The maximum Gasteiger partial charge on any atom is 0.0335 e. The third-order valence-electron chi connectivity index (χ3n) is 3.36. The molecule has 0 aliphatic heterocycles. The van der Waals surface area contributed by atoms with Crippen LogP contribution in [0.15, 0.2) is 0 Å². The summed E-state index contributed by atoms with van der Waals surface area (Å²) < 4.78 is 0. The van der Waals surface area contributed by atoms with Crippen molar-refractivity contribution in [1.82, 2.24) is 26.9 Å². The Hall–Kier alpha value is -0.360. The molecule has 0 rings (SSSR count). The summed E-state index contributed by atoms with van der Waals surface area (Å²) >= 11 is 0. The van der Waals surface area contributed by atoms with Crippen molar-refractivity contribution in [3.05, 3.63) is 0 Å². The molecule has 9 heteroatoms. The molecule has 13 N–H and O–H groups in total. The SMILES string of the molecule is NCCCC(CNCCNCC(CCCNN)NN)NN. The molecule has 0 spiro atoms. The molecule has 0 aliphatic carbocycles. The summed E-state index contributed by atoms with van der Waals surface area (Å²) in [5.41, 5.74) is 13.7. The lowest BCUT2D eigenvalue weighted by Crippen LogP contribution is -2.46. The lowest BCUT2D eigenvalue weighted by molar-refractivity contribution is 0.426. The maximum atomic E-state index is 5.51. The molecule has 0 aromatic carbocycles. The third kappa shape index (κ3) is 13.1. The van der Waals surface area contributed by atoms with Gasteiger partial charge in [0.05, 0.1) is 0 Å². The summed E-state index contributed by atoms with van der Waals surface area (Å²) in [6.07, 6.45) is 3.95. The fourth-order valence-electron chi connectivity index (χ4n) is 2.03. The molecule has 0 heterocycles. The Morgan fingerprint density at radius 3 is 1.67 bits per heavy atom. The van der Waals surface area contributed by atoms with E-state index in [-0.39, 0.29) is 12.1 Å². The molecule has 0 saturated carbocycles. The molecule has 0 aliphatic rings. The van der Waals surface area contributed by atoms with Gasteiger partial charge in [0.2, 0.25) is 0 Å². The van der Waals surface area contributed by atoms with Crippen molar-refractivity contribution in [1.29, 1.82) is 0 Å². The number of nitrogens with one attached hydrogen (secondary N) is 5. The zero-order valence-electron chi connectivity index (χ0n) is 13.0. The van der Waals surface area contributed by atoms with Crippen molar-refractivity contribution in [2.24, 2.45) is 23.3 Å². The van der Waals surface area contributed by atoms with Crippen LogP contribution in [-0.4, -0.2) is 51.4 Å². The van der Waals surface area contributed by atoms with E-state index in [4.69, 9.17) is 23.3 Å². The summed E-state index contributed by atoms with van der Waals surface area (Å²) in [7, 11) is 0. The summed E-state index contributed by atoms with van der Waals surface area (Å²) in [4.78, 5) is 0. The van der Waals surface area contributed by atoms with E-state index in [0.717, 1.165) is 58.4 Å². The zero-order chi connectivity index (χ0) is 15.8. The smallest absolute Gasteiger partial charge is 0.0335 e. The van der Waals surface area contributed by atoms with Crippen LogP contribution in [0.4, 0.5) is 0 Å². The average molecular weight is 305 g/mol. The Morgan fingerprint density at radius 2 is 1.24 bits per heavy atom. The number of hydrogen-bond acceptors (Lipinski definition) is 9. The summed E-state index contributed by atoms with van der Waals surface area (Å²) in [6.45, 7) is 4.97. The standard InChI is InChI=1S/C12H35N9/c13-5-1-3-11(20-15)9-17-7-8-18-10-12(21-16)4-2-6-19-14/h11-12,17-21H,1-10,13-16H2. The van der Waals surface area contributed by atoms with Crippen LogP contribution in [0.1, 0.15) is 25.7 Å². The van der Waals surface area contributed by atoms with Crippen molar-refractivity contribution in [3.63, 3.8) is 0 Å². The molecule has 0 amide bonds. The number of hydrogen-bond donors (Lipinski definition) is 9. The fraction of sp³-hybridized carbons (Fsp3) is 1.00. The van der Waals surface area contributed by atoms with Gasteiger partial charge in [-0.1, -0.05) is 0 Å². The van der Waals surface area contributed by atoms with Gasteiger partial charge in [0, 0.05) is 44.8 Å². The van der Waals surface area contributed by atoms with Crippen LogP contribution < -0.4 is 50.2 Å². The van der Waals surface area contributed by atoms with Gasteiger partial charge in [0.15, 0.2) is 0 Å². The van der Waals surface area contributed by atoms with E-state index >= 15 is 0 Å². The highest BCUT2D eigenvalue weighted by Crippen LogP contribution is 1.94. The Morgan fingerprint density at radius 1 is 0.714 bits per heavy atom. The monoisotopic (exact) mass is 305 g/mol. The van der Waals surface area contributed by atoms with Gasteiger partial charge in [-0.25, -0.2) is 0 Å². The molecule has 0 aromatic rings. The lowest BCUT2D eigenvalue weighted by Gasteiger charge is -2.18. The lowest BCUT2D eigenvalue weighted by atomic mass is 10.1. The van der Waals surface area contributed by atoms with Crippen LogP contribution in [0.2, 0.25) is 0 Å². The molecule has 128 valence electrons. The topological polar surface area (TPSA) is 164 Å². The first-order valence-corrected chi connectivity index (χ1v) is 7.75. The van der Waals surface area contributed by atoms with Crippen molar-refractivity contribution in [2.45, 2.75) is 37.8 Å². The second-order valence-electron chi connectivity index (χ2n) is 5.16. The van der Waals surface area contributed by atoms with Crippen LogP contribution in [0.3, 0.4) is 0 Å². The first-order valence-electron chi connectivity index (χ1n) is 7.75. The summed E-state index contributed by atoms with van der Waals surface area (Å²) in [5.74, 6) is 16.2. The Balaban J connectivity index is 3.47. The van der Waals surface area contributed by atoms with Crippen LogP contribution in [0.5, 0.6) is 0 Å². The van der Waals surface area contributed by atoms with Gasteiger partial charge in [-0.05, 0) is 32.2 Å². The van der Waals surface area contributed by atoms with Gasteiger partial charge in [0.25, 0.3) is 0 Å². The van der Waals surface area contributed by atoms with Crippen molar-refractivity contribution >= 4 is 0 Å². The van der Waals surface area contributed by atoms with Gasteiger partial charge in [-0.2, -0.15) is 0 Å². The molecule has 9 nitrogen and oxygen atoms in total. The van der Waals surface area contributed by atoms with Crippen molar-refractivity contribution in [2.75, 3.05) is 39.3 Å². The molecule has 2 atom stereocenters. The first-order chi connectivity index (χ1) is 10.3. The molecular weight excluding hydrogens is 270 g/mol. The molecule has 0 bridgehead atoms. The van der Waals surface area contributed by atoms with Gasteiger partial charge >= 0.3 is 0 Å². The second-order valence-corrected chi connectivity index (χ2v) is 5.16. The first kappa shape index (κ1) is 20.6. The predicted octanol–water partition coefficient (Wildman–Crippen LogP) is -3.19.